The fourth-order valence-electron chi connectivity index (χ4n) is 1.64. The van der Waals surface area contributed by atoms with Crippen molar-refractivity contribution in [1.82, 2.24) is 15.2 Å². The van der Waals surface area contributed by atoms with Crippen LogP contribution in [0.25, 0.3) is 0 Å². The third-order valence-corrected chi connectivity index (χ3v) is 2.41. The number of amides is 1. The Morgan fingerprint density at radius 1 is 1.42 bits per heavy atom. The maximum atomic E-state index is 12.0. The highest BCUT2D eigenvalue weighted by molar-refractivity contribution is 6.03. The van der Waals surface area contributed by atoms with E-state index in [1.54, 1.807) is 13.0 Å². The maximum Gasteiger partial charge on any atom is 0.322 e. The van der Waals surface area contributed by atoms with Crippen LogP contribution in [0.1, 0.15) is 35.3 Å². The normalized spacial score (nSPS) is 10.4. The topological polar surface area (TPSA) is 107 Å². The van der Waals surface area contributed by atoms with Crippen LogP contribution in [0.4, 0.5) is 11.8 Å². The van der Waals surface area contributed by atoms with Crippen molar-refractivity contribution in [1.29, 1.82) is 0 Å². The third kappa shape index (κ3) is 3.27. The first kappa shape index (κ1) is 13.0. The van der Waals surface area contributed by atoms with E-state index in [-0.39, 0.29) is 11.9 Å². The Kier molecular flexibility index (Phi) is 3.74. The van der Waals surface area contributed by atoms with E-state index in [2.05, 4.69) is 20.5 Å². The number of carbonyl (C=O) groups is 1. The highest BCUT2D eigenvalue weighted by atomic mass is 16.4. The molecule has 2 aromatic heterocycles. The lowest BCUT2D eigenvalue weighted by atomic mass is 10.1. The molecule has 19 heavy (non-hydrogen) atoms. The Hall–Kier alpha value is -2.44. The first-order chi connectivity index (χ1) is 9.08. The highest BCUT2D eigenvalue weighted by Crippen LogP contribution is 2.12. The van der Waals surface area contributed by atoms with Gasteiger partial charge in [0.25, 0.3) is 5.91 Å². The molecular weight excluding hydrogens is 246 g/mol. The minimum absolute atomic E-state index is 0.0647. The summed E-state index contributed by atoms with van der Waals surface area (Å²) in [6.45, 7) is 3.68. The van der Waals surface area contributed by atoms with Crippen LogP contribution < -0.4 is 11.1 Å². The molecule has 1 amide bonds. The summed E-state index contributed by atoms with van der Waals surface area (Å²) < 4.78 is 5.08. The molecule has 0 fully saturated rings. The summed E-state index contributed by atoms with van der Waals surface area (Å²) in [6, 6.07) is 3.28. The van der Waals surface area contributed by atoms with Crippen molar-refractivity contribution in [2.45, 2.75) is 26.7 Å². The molecule has 0 atom stereocenters. The number of aryl methyl sites for hydroxylation is 2. The van der Waals surface area contributed by atoms with Crippen LogP contribution in [0.2, 0.25) is 0 Å². The van der Waals surface area contributed by atoms with Gasteiger partial charge >= 0.3 is 6.01 Å². The largest absolute Gasteiger partial charge is 0.408 e. The number of pyridine rings is 1. The lowest BCUT2D eigenvalue weighted by Gasteiger charge is -2.05. The van der Waals surface area contributed by atoms with Gasteiger partial charge in [-0.1, -0.05) is 18.4 Å². The zero-order valence-electron chi connectivity index (χ0n) is 10.8. The smallest absolute Gasteiger partial charge is 0.322 e. The summed E-state index contributed by atoms with van der Waals surface area (Å²) in [5, 5.41) is 9.84. The van der Waals surface area contributed by atoms with Crippen LogP contribution >= 0.6 is 0 Å². The Labute approximate surface area is 110 Å². The van der Waals surface area contributed by atoms with E-state index in [0.29, 0.717) is 17.3 Å². The van der Waals surface area contributed by atoms with E-state index >= 15 is 0 Å². The second-order valence-electron chi connectivity index (χ2n) is 4.10. The molecule has 0 saturated heterocycles. The predicted octanol–water partition coefficient (Wildman–Crippen LogP) is 1.56. The molecule has 100 valence electrons. The van der Waals surface area contributed by atoms with Gasteiger partial charge in [-0.3, -0.25) is 10.1 Å². The number of nitrogens with zero attached hydrogens (tertiary/aromatic N) is 3. The summed E-state index contributed by atoms with van der Waals surface area (Å²) in [5.74, 6) is 0.351. The van der Waals surface area contributed by atoms with Gasteiger partial charge in [-0.15, -0.1) is 5.10 Å². The van der Waals surface area contributed by atoms with Gasteiger partial charge in [0.15, 0.2) is 0 Å². The molecule has 0 bridgehead atoms. The number of rotatable bonds is 4. The number of anilines is 2. The predicted molar refractivity (Wildman–Crippen MR) is 69.6 cm³/mol. The highest BCUT2D eigenvalue weighted by Gasteiger charge is 2.12. The first-order valence-corrected chi connectivity index (χ1v) is 5.96. The number of carbonyl (C=O) groups excluding carboxylic acids is 1. The minimum atomic E-state index is -0.352. The molecule has 3 N–H and O–H groups in total. The van der Waals surface area contributed by atoms with E-state index in [4.69, 9.17) is 10.2 Å². The van der Waals surface area contributed by atoms with E-state index in [0.717, 1.165) is 18.5 Å². The molecule has 2 aromatic rings. The van der Waals surface area contributed by atoms with Gasteiger partial charge in [0, 0.05) is 18.2 Å². The lowest BCUT2D eigenvalue weighted by molar-refractivity contribution is 0.102. The van der Waals surface area contributed by atoms with Crippen LogP contribution in [0.3, 0.4) is 0 Å². The Morgan fingerprint density at radius 2 is 2.21 bits per heavy atom. The lowest BCUT2D eigenvalue weighted by Crippen LogP contribution is -2.13. The molecular formula is C12H15N5O2. The Morgan fingerprint density at radius 3 is 2.84 bits per heavy atom. The Bertz CT molecular complexity index is 594. The number of nitrogens with one attached hydrogen (secondary N) is 1. The molecule has 0 radical (unpaired) electrons. The van der Waals surface area contributed by atoms with E-state index in [9.17, 15) is 4.79 Å². The van der Waals surface area contributed by atoms with Crippen LogP contribution in [0.15, 0.2) is 16.5 Å². The quantitative estimate of drug-likeness (QED) is 0.864. The van der Waals surface area contributed by atoms with Crippen molar-refractivity contribution in [3.8, 4) is 0 Å². The van der Waals surface area contributed by atoms with Crippen molar-refractivity contribution in [2.24, 2.45) is 0 Å². The standard InChI is InChI=1S/C12H15N5O2/c1-3-4-9-5-8(6-10(13)14-9)11(18)15-12-17-16-7(2)19-12/h5-6H,3-4H2,1-2H3,(H2,13,14)(H,15,17,18). The molecule has 7 nitrogen and oxygen atoms in total. The van der Waals surface area contributed by atoms with E-state index < -0.39 is 0 Å². The van der Waals surface area contributed by atoms with Gasteiger partial charge in [0.05, 0.1) is 0 Å². The number of hydrogen-bond acceptors (Lipinski definition) is 6. The summed E-state index contributed by atoms with van der Waals surface area (Å²) >= 11 is 0. The molecule has 0 saturated carbocycles. The first-order valence-electron chi connectivity index (χ1n) is 5.96. The minimum Gasteiger partial charge on any atom is -0.408 e. The SMILES string of the molecule is CCCc1cc(C(=O)Nc2nnc(C)o2)cc(N)n1. The van der Waals surface area contributed by atoms with Crippen molar-refractivity contribution in [2.75, 3.05) is 11.1 Å². The fourth-order valence-corrected chi connectivity index (χ4v) is 1.64. The molecule has 0 spiro atoms. The molecule has 0 aliphatic carbocycles. The molecule has 0 unspecified atom stereocenters. The van der Waals surface area contributed by atoms with Crippen molar-refractivity contribution < 1.29 is 9.21 Å². The Balaban J connectivity index is 2.18. The zero-order valence-corrected chi connectivity index (χ0v) is 10.8. The van der Waals surface area contributed by atoms with Crippen LogP contribution in [0.5, 0.6) is 0 Å². The zero-order chi connectivity index (χ0) is 13.8. The molecule has 0 aliphatic rings. The number of nitrogens with two attached hydrogens (primary N) is 1. The molecule has 0 aliphatic heterocycles. The van der Waals surface area contributed by atoms with Gasteiger partial charge in [-0.05, 0) is 18.6 Å². The van der Waals surface area contributed by atoms with E-state index in [1.165, 1.54) is 6.07 Å². The number of nitrogen functional groups attached to an aromatic ring is 1. The second kappa shape index (κ2) is 5.47. The summed E-state index contributed by atoms with van der Waals surface area (Å²) in [5.41, 5.74) is 6.89. The average Bonchev–Trinajstić information content (AvgIpc) is 2.74. The summed E-state index contributed by atoms with van der Waals surface area (Å²) in [4.78, 5) is 16.2. The van der Waals surface area contributed by atoms with Crippen LogP contribution in [0, 0.1) is 6.92 Å². The van der Waals surface area contributed by atoms with E-state index in [1.807, 2.05) is 6.92 Å². The van der Waals surface area contributed by atoms with Crippen molar-refractivity contribution in [3.05, 3.63) is 29.3 Å². The van der Waals surface area contributed by atoms with Gasteiger partial charge in [0.1, 0.15) is 5.82 Å². The fraction of sp³-hybridized carbons (Fsp3) is 0.333. The van der Waals surface area contributed by atoms with Gasteiger partial charge in [-0.25, -0.2) is 4.98 Å². The van der Waals surface area contributed by atoms with Gasteiger partial charge in [0.2, 0.25) is 5.89 Å². The van der Waals surface area contributed by atoms with Crippen LogP contribution in [-0.4, -0.2) is 21.1 Å². The summed E-state index contributed by atoms with van der Waals surface area (Å²) in [6.07, 6.45) is 1.70. The third-order valence-electron chi connectivity index (χ3n) is 2.41. The van der Waals surface area contributed by atoms with Gasteiger partial charge < -0.3 is 10.2 Å². The monoisotopic (exact) mass is 261 g/mol. The van der Waals surface area contributed by atoms with Crippen LogP contribution in [-0.2, 0) is 6.42 Å². The van der Waals surface area contributed by atoms with Crippen molar-refractivity contribution >= 4 is 17.7 Å². The summed E-state index contributed by atoms with van der Waals surface area (Å²) in [7, 11) is 0. The van der Waals surface area contributed by atoms with Gasteiger partial charge in [-0.2, -0.15) is 0 Å². The maximum absolute atomic E-state index is 12.0. The second-order valence-corrected chi connectivity index (χ2v) is 4.10. The van der Waals surface area contributed by atoms with Crippen molar-refractivity contribution in [3.63, 3.8) is 0 Å². The number of aromatic nitrogens is 3. The number of hydrogen-bond donors (Lipinski definition) is 2. The molecule has 7 heteroatoms. The molecule has 0 aromatic carbocycles. The molecule has 2 heterocycles. The molecule has 2 rings (SSSR count). The average molecular weight is 261 g/mol.